The van der Waals surface area contributed by atoms with Crippen LogP contribution < -0.4 is 9.47 Å². The molecule has 2 heterocycles. The van der Waals surface area contributed by atoms with Crippen LogP contribution in [-0.4, -0.2) is 51.4 Å². The van der Waals surface area contributed by atoms with Crippen molar-refractivity contribution in [1.29, 1.82) is 0 Å². The van der Waals surface area contributed by atoms with E-state index in [2.05, 4.69) is 4.98 Å². The van der Waals surface area contributed by atoms with E-state index in [9.17, 15) is 14.7 Å². The lowest BCUT2D eigenvalue weighted by atomic mass is 10.0. The van der Waals surface area contributed by atoms with Gasteiger partial charge < -0.3 is 14.6 Å². The fraction of sp³-hybridized carbons (Fsp3) is 0.154. The maximum Gasteiger partial charge on any atom is 0.327 e. The van der Waals surface area contributed by atoms with Gasteiger partial charge in [0.1, 0.15) is 10.4 Å². The van der Waals surface area contributed by atoms with Crippen molar-refractivity contribution in [3.05, 3.63) is 82.9 Å². The number of hydrogen-bond acceptors (Lipinski definition) is 7. The van der Waals surface area contributed by atoms with Crippen LogP contribution in [0.5, 0.6) is 11.5 Å². The molecule has 1 amide bonds. The third kappa shape index (κ3) is 5.87. The summed E-state index contributed by atoms with van der Waals surface area (Å²) in [7, 11) is 3.15. The highest BCUT2D eigenvalue weighted by Gasteiger charge is 2.40. The van der Waals surface area contributed by atoms with Crippen molar-refractivity contribution in [3.8, 4) is 22.8 Å². The minimum atomic E-state index is -1.10. The van der Waals surface area contributed by atoms with Crippen molar-refractivity contribution in [3.63, 3.8) is 0 Å². The number of thiocarbonyl (C=S) groups is 1. The maximum atomic E-state index is 13.1. The molecule has 7 nitrogen and oxygen atoms in total. The van der Waals surface area contributed by atoms with E-state index < -0.39 is 17.9 Å². The number of nitrogens with zero attached hydrogens (tertiary/aromatic N) is 2. The van der Waals surface area contributed by atoms with Gasteiger partial charge in [-0.1, -0.05) is 60.4 Å². The van der Waals surface area contributed by atoms with E-state index in [1.54, 1.807) is 26.5 Å². The molecule has 3 aromatic rings. The molecule has 10 heteroatoms. The summed E-state index contributed by atoms with van der Waals surface area (Å²) in [5, 5.41) is 9.81. The number of carbonyl (C=O) groups excluding carboxylic acids is 1. The van der Waals surface area contributed by atoms with Crippen LogP contribution in [0.4, 0.5) is 0 Å². The topological polar surface area (TPSA) is 89.0 Å². The van der Waals surface area contributed by atoms with Crippen molar-refractivity contribution < 1.29 is 24.2 Å². The van der Waals surface area contributed by atoms with Crippen LogP contribution in [0.25, 0.3) is 17.3 Å². The zero-order valence-corrected chi connectivity index (χ0v) is 21.9. The van der Waals surface area contributed by atoms with Crippen molar-refractivity contribution >= 4 is 58.7 Å². The van der Waals surface area contributed by atoms with Gasteiger partial charge in [-0.25, -0.2) is 4.79 Å². The molecule has 0 bridgehead atoms. The molecule has 0 spiro atoms. The fourth-order valence-electron chi connectivity index (χ4n) is 3.68. The third-order valence-electron chi connectivity index (χ3n) is 5.46. The van der Waals surface area contributed by atoms with Gasteiger partial charge in [-0.2, -0.15) is 0 Å². The zero-order chi connectivity index (χ0) is 24.9. The number of halogens is 1. The molecule has 1 fully saturated rings. The first kappa shape index (κ1) is 27.2. The standard InChI is InChI=1S/C26H22N2O5S2.ClH/c1-32-21-11-9-18(14-22(21)33-2)19-10-8-17(15-27-19)13-23-24(29)28(26(34)35-23)20(25(30)31)12-16-6-4-3-5-7-16;/h3-11,13-15,20H,12H2,1-2H3,(H,30,31);1H/b23-13-;/t20-;/m0./s1. The highest BCUT2D eigenvalue weighted by Crippen LogP contribution is 2.35. The molecule has 0 saturated carbocycles. The summed E-state index contributed by atoms with van der Waals surface area (Å²) in [6.07, 6.45) is 3.49. The van der Waals surface area contributed by atoms with Crippen molar-refractivity contribution in [2.45, 2.75) is 12.5 Å². The van der Waals surface area contributed by atoms with Crippen molar-refractivity contribution in [2.24, 2.45) is 0 Å². The largest absolute Gasteiger partial charge is 0.493 e. The normalized spacial score (nSPS) is 14.9. The lowest BCUT2D eigenvalue weighted by Gasteiger charge is -2.23. The van der Waals surface area contributed by atoms with Crippen molar-refractivity contribution in [1.82, 2.24) is 9.88 Å². The molecule has 0 unspecified atom stereocenters. The summed E-state index contributed by atoms with van der Waals surface area (Å²) < 4.78 is 10.9. The molecule has 1 aromatic heterocycles. The molecule has 0 aliphatic carbocycles. The van der Waals surface area contributed by atoms with Gasteiger partial charge in [0.05, 0.1) is 24.8 Å². The van der Waals surface area contributed by atoms with Crippen LogP contribution in [0.2, 0.25) is 0 Å². The van der Waals surface area contributed by atoms with E-state index in [-0.39, 0.29) is 23.1 Å². The van der Waals surface area contributed by atoms with Crippen LogP contribution in [0.1, 0.15) is 11.1 Å². The average molecular weight is 543 g/mol. The number of hydrogen-bond donors (Lipinski definition) is 1. The monoisotopic (exact) mass is 542 g/mol. The maximum absolute atomic E-state index is 13.1. The first-order valence-corrected chi connectivity index (χ1v) is 11.9. The SMILES string of the molecule is COc1ccc(-c2ccc(/C=C3\SC(=S)N([C@@H](Cc4ccccc4)C(=O)O)C3=O)cn2)cc1OC.Cl. The first-order chi connectivity index (χ1) is 16.9. The predicted octanol–water partition coefficient (Wildman–Crippen LogP) is 5.08. The van der Waals surface area contributed by atoms with E-state index >= 15 is 0 Å². The number of methoxy groups -OCH3 is 2. The minimum absolute atomic E-state index is 0. The summed E-state index contributed by atoms with van der Waals surface area (Å²) >= 11 is 6.47. The highest BCUT2D eigenvalue weighted by atomic mass is 35.5. The number of rotatable bonds is 8. The predicted molar refractivity (Wildman–Crippen MR) is 147 cm³/mol. The number of ether oxygens (including phenoxy) is 2. The first-order valence-electron chi connectivity index (χ1n) is 10.6. The Morgan fingerprint density at radius 2 is 1.83 bits per heavy atom. The van der Waals surface area contributed by atoms with Gasteiger partial charge in [-0.05, 0) is 41.5 Å². The average Bonchev–Trinajstić information content (AvgIpc) is 3.15. The van der Waals surface area contributed by atoms with Crippen LogP contribution in [0.3, 0.4) is 0 Å². The Hall–Kier alpha value is -3.40. The van der Waals surface area contributed by atoms with E-state index in [1.165, 1.54) is 4.90 Å². The second-order valence-corrected chi connectivity index (χ2v) is 9.32. The summed E-state index contributed by atoms with van der Waals surface area (Å²) in [6.45, 7) is 0. The third-order valence-corrected chi connectivity index (χ3v) is 6.79. The van der Waals surface area contributed by atoms with E-state index in [1.807, 2.05) is 60.7 Å². The Labute approximate surface area is 224 Å². The number of thioether (sulfide) groups is 1. The number of pyridine rings is 1. The lowest BCUT2D eigenvalue weighted by Crippen LogP contribution is -2.45. The lowest BCUT2D eigenvalue weighted by molar-refractivity contribution is -0.145. The molecule has 1 aliphatic rings. The Morgan fingerprint density at radius 1 is 1.11 bits per heavy atom. The van der Waals surface area contributed by atoms with Gasteiger partial charge in [0.25, 0.3) is 5.91 Å². The smallest absolute Gasteiger partial charge is 0.327 e. The van der Waals surface area contributed by atoms with Crippen molar-refractivity contribution in [2.75, 3.05) is 14.2 Å². The molecule has 0 radical (unpaired) electrons. The molecule has 1 saturated heterocycles. The van der Waals surface area contributed by atoms with Gasteiger partial charge in [0.15, 0.2) is 11.5 Å². The number of benzene rings is 2. The number of carboxylic acids is 1. The summed E-state index contributed by atoms with van der Waals surface area (Å²) in [4.78, 5) is 31.2. The quantitative estimate of drug-likeness (QED) is 0.311. The molecular formula is C26H23ClN2O5S2. The number of carboxylic acid groups (broad SMARTS) is 1. The Morgan fingerprint density at radius 3 is 2.44 bits per heavy atom. The molecule has 1 aliphatic heterocycles. The Kier molecular flexibility index (Phi) is 9.08. The van der Waals surface area contributed by atoms with Crippen LogP contribution in [0, 0.1) is 0 Å². The summed E-state index contributed by atoms with van der Waals surface area (Å²) in [5.74, 6) is -0.301. The fourth-order valence-corrected chi connectivity index (χ4v) is 5.04. The zero-order valence-electron chi connectivity index (χ0n) is 19.4. The molecule has 1 atom stereocenters. The van der Waals surface area contributed by atoms with Gasteiger partial charge >= 0.3 is 5.97 Å². The van der Waals surface area contributed by atoms with Gasteiger partial charge in [-0.15, -0.1) is 12.4 Å². The molecular weight excluding hydrogens is 520 g/mol. The van der Waals surface area contributed by atoms with Gasteiger partial charge in [0.2, 0.25) is 0 Å². The number of aliphatic carboxylic acids is 1. The summed E-state index contributed by atoms with van der Waals surface area (Å²) in [6, 6.07) is 17.3. The molecule has 1 N–H and O–H groups in total. The Bertz CT molecular complexity index is 1300. The number of aromatic nitrogens is 1. The number of carbonyl (C=O) groups is 2. The second kappa shape index (κ2) is 12.0. The summed E-state index contributed by atoms with van der Waals surface area (Å²) in [5.41, 5.74) is 3.09. The van der Waals surface area contributed by atoms with E-state index in [0.29, 0.717) is 22.0 Å². The Balaban J connectivity index is 0.00000361. The van der Waals surface area contributed by atoms with E-state index in [4.69, 9.17) is 21.7 Å². The number of amides is 1. The van der Waals surface area contributed by atoms with Crippen LogP contribution >= 0.6 is 36.4 Å². The van der Waals surface area contributed by atoms with E-state index in [0.717, 1.165) is 28.6 Å². The van der Waals surface area contributed by atoms with Gasteiger partial charge in [0, 0.05) is 18.2 Å². The molecule has 36 heavy (non-hydrogen) atoms. The van der Waals surface area contributed by atoms with Crippen LogP contribution in [0.15, 0.2) is 71.8 Å². The van der Waals surface area contributed by atoms with Crippen LogP contribution in [-0.2, 0) is 16.0 Å². The highest BCUT2D eigenvalue weighted by molar-refractivity contribution is 8.26. The second-order valence-electron chi connectivity index (χ2n) is 7.64. The molecule has 4 rings (SSSR count). The molecule has 186 valence electrons. The van der Waals surface area contributed by atoms with Gasteiger partial charge in [-0.3, -0.25) is 14.7 Å². The molecule has 2 aromatic carbocycles. The minimum Gasteiger partial charge on any atom is -0.493 e.